The van der Waals surface area contributed by atoms with E-state index in [1.54, 1.807) is 12.1 Å². The van der Waals surface area contributed by atoms with Crippen molar-refractivity contribution in [3.8, 4) is 5.75 Å². The molecule has 0 aliphatic carbocycles. The first-order chi connectivity index (χ1) is 7.77. The van der Waals surface area contributed by atoms with Gasteiger partial charge in [-0.15, -0.1) is 0 Å². The number of phenolic OH excluding ortho intramolecular Hbond substituents is 1. The van der Waals surface area contributed by atoms with Crippen LogP contribution in [0.15, 0.2) is 18.2 Å². The van der Waals surface area contributed by atoms with Crippen LogP contribution in [0, 0.1) is 0 Å². The molecule has 1 unspecified atom stereocenters. The number of nitrogens with one attached hydrogen (secondary N) is 1. The smallest absolute Gasteiger partial charge is 0.201 e. The summed E-state index contributed by atoms with van der Waals surface area (Å²) in [5.74, 6) is 0.721. The van der Waals surface area contributed by atoms with Gasteiger partial charge in [0, 0.05) is 6.54 Å². The molecule has 5 nitrogen and oxygen atoms in total. The van der Waals surface area contributed by atoms with Crippen LogP contribution in [0.25, 0.3) is 11.0 Å². The third-order valence-corrected chi connectivity index (χ3v) is 3.12. The molecule has 16 heavy (non-hydrogen) atoms. The number of anilines is 1. The predicted octanol–water partition coefficient (Wildman–Crippen LogP) is 0.859. The molecule has 2 heterocycles. The summed E-state index contributed by atoms with van der Waals surface area (Å²) < 4.78 is 1.94. The Kier molecular flexibility index (Phi) is 2.00. The van der Waals surface area contributed by atoms with Gasteiger partial charge in [0.05, 0.1) is 11.6 Å². The Morgan fingerprint density at radius 2 is 2.38 bits per heavy atom. The van der Waals surface area contributed by atoms with Gasteiger partial charge in [-0.25, -0.2) is 4.98 Å². The number of phenols is 1. The van der Waals surface area contributed by atoms with E-state index < -0.39 is 0 Å². The number of aromatic nitrogens is 2. The zero-order valence-electron chi connectivity index (χ0n) is 8.85. The standard InChI is InChI=1S/C11H14N4O/c12-11-14-8-2-1-3-9(16)10(8)15(11)7-4-5-13-6-7/h1-3,7,13,16H,4-6H2,(H2,12,14). The molecular weight excluding hydrogens is 204 g/mol. The highest BCUT2D eigenvalue weighted by Gasteiger charge is 2.22. The summed E-state index contributed by atoms with van der Waals surface area (Å²) in [5, 5.41) is 13.2. The summed E-state index contributed by atoms with van der Waals surface area (Å²) in [6.45, 7) is 1.86. The van der Waals surface area contributed by atoms with Gasteiger partial charge in [-0.2, -0.15) is 0 Å². The molecule has 1 saturated heterocycles. The molecule has 2 aromatic rings. The molecule has 4 N–H and O–H groups in total. The lowest BCUT2D eigenvalue weighted by Crippen LogP contribution is -2.15. The van der Waals surface area contributed by atoms with E-state index in [1.807, 2.05) is 10.6 Å². The number of nitrogens with two attached hydrogens (primary N) is 1. The molecule has 0 saturated carbocycles. The van der Waals surface area contributed by atoms with Crippen molar-refractivity contribution in [3.63, 3.8) is 0 Å². The minimum absolute atomic E-state index is 0.244. The van der Waals surface area contributed by atoms with Gasteiger partial charge in [0.1, 0.15) is 11.3 Å². The van der Waals surface area contributed by atoms with Gasteiger partial charge < -0.3 is 20.7 Å². The van der Waals surface area contributed by atoms with Crippen LogP contribution in [-0.2, 0) is 0 Å². The van der Waals surface area contributed by atoms with Gasteiger partial charge in [-0.3, -0.25) is 0 Å². The van der Waals surface area contributed by atoms with E-state index in [4.69, 9.17) is 5.73 Å². The Bertz CT molecular complexity index is 528. The van der Waals surface area contributed by atoms with Crippen LogP contribution in [0.4, 0.5) is 5.95 Å². The third kappa shape index (κ3) is 1.25. The Labute approximate surface area is 92.9 Å². The highest BCUT2D eigenvalue weighted by Crippen LogP contribution is 2.31. The molecule has 1 aliphatic rings. The molecule has 3 rings (SSSR count). The second kappa shape index (κ2) is 3.38. The van der Waals surface area contributed by atoms with Crippen molar-refractivity contribution in [1.82, 2.24) is 14.9 Å². The van der Waals surface area contributed by atoms with Crippen LogP contribution >= 0.6 is 0 Å². The van der Waals surface area contributed by atoms with Gasteiger partial charge in [0.15, 0.2) is 0 Å². The number of fused-ring (bicyclic) bond motifs is 1. The molecule has 1 fully saturated rings. The van der Waals surface area contributed by atoms with Crippen molar-refractivity contribution in [1.29, 1.82) is 0 Å². The summed E-state index contributed by atoms with van der Waals surface area (Å²) in [5.41, 5.74) is 7.41. The van der Waals surface area contributed by atoms with Crippen molar-refractivity contribution in [2.45, 2.75) is 12.5 Å². The fourth-order valence-electron chi connectivity index (χ4n) is 2.38. The topological polar surface area (TPSA) is 76.1 Å². The van der Waals surface area contributed by atoms with Crippen LogP contribution in [0.1, 0.15) is 12.5 Å². The fraction of sp³-hybridized carbons (Fsp3) is 0.364. The lowest BCUT2D eigenvalue weighted by Gasteiger charge is -2.13. The van der Waals surface area contributed by atoms with E-state index in [-0.39, 0.29) is 5.75 Å². The largest absolute Gasteiger partial charge is 0.506 e. The van der Waals surface area contributed by atoms with Crippen molar-refractivity contribution < 1.29 is 5.11 Å². The number of rotatable bonds is 1. The Morgan fingerprint density at radius 3 is 3.12 bits per heavy atom. The second-order valence-electron chi connectivity index (χ2n) is 4.13. The normalized spacial score (nSPS) is 20.6. The minimum atomic E-state index is 0.244. The van der Waals surface area contributed by atoms with Crippen LogP contribution in [0.2, 0.25) is 0 Å². The quantitative estimate of drug-likeness (QED) is 0.663. The monoisotopic (exact) mass is 218 g/mol. The lowest BCUT2D eigenvalue weighted by molar-refractivity contribution is 0.473. The van der Waals surface area contributed by atoms with Gasteiger partial charge in [-0.05, 0) is 25.1 Å². The van der Waals surface area contributed by atoms with E-state index in [0.717, 1.165) is 30.5 Å². The average Bonchev–Trinajstić information content (AvgIpc) is 2.84. The third-order valence-electron chi connectivity index (χ3n) is 3.12. The van der Waals surface area contributed by atoms with Crippen molar-refractivity contribution in [2.75, 3.05) is 18.8 Å². The summed E-state index contributed by atoms with van der Waals surface area (Å²) >= 11 is 0. The first-order valence-corrected chi connectivity index (χ1v) is 5.43. The van der Waals surface area contributed by atoms with Crippen LogP contribution < -0.4 is 11.1 Å². The molecule has 84 valence electrons. The number of para-hydroxylation sites is 1. The minimum Gasteiger partial charge on any atom is -0.506 e. The molecule has 0 spiro atoms. The van der Waals surface area contributed by atoms with Crippen molar-refractivity contribution in [2.24, 2.45) is 0 Å². The van der Waals surface area contributed by atoms with Crippen molar-refractivity contribution in [3.05, 3.63) is 18.2 Å². The van der Waals surface area contributed by atoms with E-state index in [2.05, 4.69) is 10.3 Å². The molecule has 1 aromatic heterocycles. The molecular formula is C11H14N4O. The molecule has 0 bridgehead atoms. The summed E-state index contributed by atoms with van der Waals surface area (Å²) in [4.78, 5) is 4.27. The van der Waals surface area contributed by atoms with E-state index in [9.17, 15) is 5.11 Å². The highest BCUT2D eigenvalue weighted by molar-refractivity contribution is 5.84. The number of nitrogens with zero attached hydrogens (tertiary/aromatic N) is 2. The Balaban J connectivity index is 2.25. The molecule has 1 aliphatic heterocycles. The Morgan fingerprint density at radius 1 is 1.50 bits per heavy atom. The SMILES string of the molecule is Nc1nc2cccc(O)c2n1C1CCNC1. The van der Waals surface area contributed by atoms with Gasteiger partial charge >= 0.3 is 0 Å². The van der Waals surface area contributed by atoms with Gasteiger partial charge in [0.2, 0.25) is 5.95 Å². The maximum absolute atomic E-state index is 9.89. The predicted molar refractivity (Wildman–Crippen MR) is 62.3 cm³/mol. The molecule has 5 heteroatoms. The number of aromatic hydroxyl groups is 1. The van der Waals surface area contributed by atoms with Gasteiger partial charge in [0.25, 0.3) is 0 Å². The number of imidazole rings is 1. The van der Waals surface area contributed by atoms with Crippen LogP contribution in [0.5, 0.6) is 5.75 Å². The maximum Gasteiger partial charge on any atom is 0.201 e. The number of nitrogen functional groups attached to an aromatic ring is 1. The van der Waals surface area contributed by atoms with Crippen LogP contribution in [-0.4, -0.2) is 27.7 Å². The number of benzene rings is 1. The second-order valence-corrected chi connectivity index (χ2v) is 4.13. The zero-order valence-corrected chi connectivity index (χ0v) is 8.85. The lowest BCUT2D eigenvalue weighted by atomic mass is 10.2. The average molecular weight is 218 g/mol. The summed E-state index contributed by atoms with van der Waals surface area (Å²) in [6.07, 6.45) is 1.02. The Hall–Kier alpha value is -1.75. The summed E-state index contributed by atoms with van der Waals surface area (Å²) in [6, 6.07) is 5.60. The molecule has 1 atom stereocenters. The molecule has 1 aromatic carbocycles. The van der Waals surface area contributed by atoms with Crippen molar-refractivity contribution >= 4 is 17.0 Å². The number of hydrogen-bond donors (Lipinski definition) is 3. The van der Waals surface area contributed by atoms with E-state index >= 15 is 0 Å². The zero-order chi connectivity index (χ0) is 11.1. The van der Waals surface area contributed by atoms with Crippen LogP contribution in [0.3, 0.4) is 0 Å². The number of hydrogen-bond acceptors (Lipinski definition) is 4. The van der Waals surface area contributed by atoms with Gasteiger partial charge in [-0.1, -0.05) is 6.07 Å². The maximum atomic E-state index is 9.89. The van der Waals surface area contributed by atoms with E-state index in [1.165, 1.54) is 0 Å². The first kappa shape index (κ1) is 9.47. The van der Waals surface area contributed by atoms with E-state index in [0.29, 0.717) is 12.0 Å². The molecule has 0 amide bonds. The first-order valence-electron chi connectivity index (χ1n) is 5.43. The fourth-order valence-corrected chi connectivity index (χ4v) is 2.38. The summed E-state index contributed by atoms with van der Waals surface area (Å²) in [7, 11) is 0. The highest BCUT2D eigenvalue weighted by atomic mass is 16.3. The molecule has 0 radical (unpaired) electrons.